The molecule has 29 heavy (non-hydrogen) atoms. The molecule has 0 spiro atoms. The minimum Gasteiger partial charge on any atom is -0.388 e. The molecule has 2 heterocycles. The average Bonchev–Trinajstić information content (AvgIpc) is 3.37. The Morgan fingerprint density at radius 2 is 1.10 bits per heavy atom. The summed E-state index contributed by atoms with van der Waals surface area (Å²) in [6.45, 7) is 0.671. The molecule has 4 heteroatoms. The third kappa shape index (κ3) is 3.18. The van der Waals surface area contributed by atoms with E-state index in [9.17, 15) is 5.11 Å². The van der Waals surface area contributed by atoms with Crippen LogP contribution in [0.5, 0.6) is 0 Å². The van der Waals surface area contributed by atoms with Gasteiger partial charge in [-0.25, -0.2) is 0 Å². The summed E-state index contributed by atoms with van der Waals surface area (Å²) in [6, 6.07) is 30.8. The van der Waals surface area contributed by atoms with Gasteiger partial charge in [0.15, 0.2) is 0 Å². The van der Waals surface area contributed by atoms with Crippen molar-refractivity contribution in [3.8, 4) is 0 Å². The number of aliphatic hydroxyl groups excluding tert-OH is 1. The monoisotopic (exact) mass is 388 g/mol. The molecular formula is C25H24O4. The lowest BCUT2D eigenvalue weighted by molar-refractivity contribution is -0.0960. The van der Waals surface area contributed by atoms with Gasteiger partial charge in [-0.3, -0.25) is 0 Å². The van der Waals surface area contributed by atoms with E-state index in [2.05, 4.69) is 36.4 Å². The van der Waals surface area contributed by atoms with Crippen LogP contribution in [0.15, 0.2) is 91.0 Å². The summed E-state index contributed by atoms with van der Waals surface area (Å²) >= 11 is 0. The fourth-order valence-electron chi connectivity index (χ4n) is 4.49. The highest BCUT2D eigenvalue weighted by atomic mass is 16.6. The van der Waals surface area contributed by atoms with Crippen LogP contribution in [0.25, 0.3) is 0 Å². The Balaban J connectivity index is 1.66. The quantitative estimate of drug-likeness (QED) is 0.680. The number of benzene rings is 3. The molecule has 0 saturated carbocycles. The molecule has 0 aromatic heterocycles. The van der Waals surface area contributed by atoms with E-state index in [0.717, 1.165) is 16.7 Å². The van der Waals surface area contributed by atoms with Crippen LogP contribution < -0.4 is 0 Å². The van der Waals surface area contributed by atoms with Crippen LogP contribution in [0.2, 0.25) is 0 Å². The van der Waals surface area contributed by atoms with Crippen molar-refractivity contribution < 1.29 is 19.3 Å². The lowest BCUT2D eigenvalue weighted by Gasteiger charge is -2.38. The number of fused-ring (bicyclic) bond motifs is 1. The standard InChI is InChI=1S/C25H24O4/c26-21-16-27-24-22(17-28-23(21)24)29-25(18-10-4-1-5-11-18,19-12-6-2-7-13-19)20-14-8-3-9-15-20/h1-15,21-24,26H,16-17H2/t21-,22+,23-,24-/m1/s1. The van der Waals surface area contributed by atoms with Crippen molar-refractivity contribution in [2.75, 3.05) is 13.2 Å². The predicted octanol–water partition coefficient (Wildman–Crippen LogP) is 3.52. The van der Waals surface area contributed by atoms with E-state index in [1.54, 1.807) is 0 Å². The number of hydrogen-bond acceptors (Lipinski definition) is 4. The van der Waals surface area contributed by atoms with Crippen LogP contribution >= 0.6 is 0 Å². The maximum absolute atomic E-state index is 10.2. The molecule has 2 saturated heterocycles. The highest BCUT2D eigenvalue weighted by Crippen LogP contribution is 2.43. The first-order chi connectivity index (χ1) is 14.3. The van der Waals surface area contributed by atoms with Crippen LogP contribution in [0.1, 0.15) is 16.7 Å². The second kappa shape index (κ2) is 7.73. The summed E-state index contributed by atoms with van der Waals surface area (Å²) in [4.78, 5) is 0. The molecule has 3 aromatic carbocycles. The molecule has 4 nitrogen and oxygen atoms in total. The summed E-state index contributed by atoms with van der Waals surface area (Å²) in [7, 11) is 0. The van der Waals surface area contributed by atoms with Gasteiger partial charge in [-0.15, -0.1) is 0 Å². The first-order valence-electron chi connectivity index (χ1n) is 10.0. The summed E-state index contributed by atoms with van der Waals surface area (Å²) in [6.07, 6.45) is -1.51. The molecule has 1 N–H and O–H groups in total. The molecule has 0 bridgehead atoms. The van der Waals surface area contributed by atoms with Gasteiger partial charge in [-0.2, -0.15) is 0 Å². The lowest BCUT2D eigenvalue weighted by atomic mass is 9.79. The summed E-state index contributed by atoms with van der Waals surface area (Å²) in [5, 5.41) is 10.2. The SMILES string of the molecule is O[C@@H]1CO[C@H]2[C@@H]1OC[C@@H]2OC(c1ccccc1)(c1ccccc1)c1ccccc1. The second-order valence-electron chi connectivity index (χ2n) is 7.60. The fraction of sp³-hybridized carbons (Fsp3) is 0.280. The van der Waals surface area contributed by atoms with Crippen LogP contribution in [0.3, 0.4) is 0 Å². The van der Waals surface area contributed by atoms with Gasteiger partial charge >= 0.3 is 0 Å². The van der Waals surface area contributed by atoms with Crippen LogP contribution in [-0.4, -0.2) is 42.7 Å². The summed E-state index contributed by atoms with van der Waals surface area (Å²) < 4.78 is 18.7. The van der Waals surface area contributed by atoms with E-state index in [4.69, 9.17) is 14.2 Å². The van der Waals surface area contributed by atoms with Gasteiger partial charge in [0.1, 0.15) is 30.0 Å². The summed E-state index contributed by atoms with van der Waals surface area (Å²) in [5.74, 6) is 0. The zero-order valence-electron chi connectivity index (χ0n) is 16.1. The van der Waals surface area contributed by atoms with Crippen LogP contribution in [0, 0.1) is 0 Å². The average molecular weight is 388 g/mol. The topological polar surface area (TPSA) is 47.9 Å². The number of aliphatic hydroxyl groups is 1. The molecule has 3 aromatic rings. The number of ether oxygens (including phenoxy) is 3. The van der Waals surface area contributed by atoms with Crippen LogP contribution in [-0.2, 0) is 19.8 Å². The van der Waals surface area contributed by atoms with E-state index in [1.807, 2.05) is 54.6 Å². The Morgan fingerprint density at radius 1 is 0.655 bits per heavy atom. The van der Waals surface area contributed by atoms with Crippen molar-refractivity contribution in [2.45, 2.75) is 30.0 Å². The Labute approximate surface area is 170 Å². The largest absolute Gasteiger partial charge is 0.388 e. The summed E-state index contributed by atoms with van der Waals surface area (Å²) in [5.41, 5.74) is 2.31. The van der Waals surface area contributed by atoms with Crippen LogP contribution in [0.4, 0.5) is 0 Å². The first-order valence-corrected chi connectivity index (χ1v) is 10.0. The Kier molecular flexibility index (Phi) is 4.94. The highest BCUT2D eigenvalue weighted by molar-refractivity contribution is 5.47. The minimum absolute atomic E-state index is 0.277. The molecule has 2 aliphatic rings. The van der Waals surface area contributed by atoms with E-state index in [-0.39, 0.29) is 24.9 Å². The second-order valence-corrected chi connectivity index (χ2v) is 7.60. The molecule has 0 aliphatic carbocycles. The van der Waals surface area contributed by atoms with Crippen molar-refractivity contribution >= 4 is 0 Å². The van der Waals surface area contributed by atoms with E-state index in [0.29, 0.717) is 6.61 Å². The van der Waals surface area contributed by atoms with Gasteiger partial charge in [-0.05, 0) is 16.7 Å². The van der Waals surface area contributed by atoms with Crippen molar-refractivity contribution in [2.24, 2.45) is 0 Å². The third-order valence-corrected chi connectivity index (χ3v) is 5.85. The third-order valence-electron chi connectivity index (χ3n) is 5.85. The molecule has 5 rings (SSSR count). The van der Waals surface area contributed by atoms with Crippen molar-refractivity contribution in [3.05, 3.63) is 108 Å². The number of hydrogen-bond donors (Lipinski definition) is 1. The zero-order chi connectivity index (χ0) is 19.7. The van der Waals surface area contributed by atoms with E-state index < -0.39 is 11.7 Å². The molecule has 0 radical (unpaired) electrons. The normalized spacial score (nSPS) is 26.4. The van der Waals surface area contributed by atoms with Gasteiger partial charge in [-0.1, -0.05) is 91.0 Å². The highest BCUT2D eigenvalue weighted by Gasteiger charge is 2.51. The van der Waals surface area contributed by atoms with Gasteiger partial charge < -0.3 is 19.3 Å². The van der Waals surface area contributed by atoms with Crippen molar-refractivity contribution in [1.82, 2.24) is 0 Å². The van der Waals surface area contributed by atoms with E-state index in [1.165, 1.54) is 0 Å². The molecule has 148 valence electrons. The lowest BCUT2D eigenvalue weighted by Crippen LogP contribution is -2.42. The van der Waals surface area contributed by atoms with E-state index >= 15 is 0 Å². The maximum atomic E-state index is 10.2. The van der Waals surface area contributed by atoms with Gasteiger partial charge in [0, 0.05) is 0 Å². The Hall–Kier alpha value is -2.50. The molecule has 0 unspecified atom stereocenters. The van der Waals surface area contributed by atoms with Crippen molar-refractivity contribution in [1.29, 1.82) is 0 Å². The maximum Gasteiger partial charge on any atom is 0.144 e. The number of rotatable bonds is 5. The molecule has 2 aliphatic heterocycles. The smallest absolute Gasteiger partial charge is 0.144 e. The molecular weight excluding hydrogens is 364 g/mol. The van der Waals surface area contributed by atoms with Gasteiger partial charge in [0.2, 0.25) is 0 Å². The zero-order valence-corrected chi connectivity index (χ0v) is 16.1. The Morgan fingerprint density at radius 3 is 1.59 bits per heavy atom. The van der Waals surface area contributed by atoms with Gasteiger partial charge in [0.05, 0.1) is 13.2 Å². The molecule has 0 amide bonds. The minimum atomic E-state index is -0.816. The predicted molar refractivity (Wildman–Crippen MR) is 110 cm³/mol. The Bertz CT molecular complexity index is 832. The molecule has 2 fully saturated rings. The molecule has 4 atom stereocenters. The first kappa shape index (κ1) is 18.5. The van der Waals surface area contributed by atoms with Gasteiger partial charge in [0.25, 0.3) is 0 Å². The van der Waals surface area contributed by atoms with Crippen molar-refractivity contribution in [3.63, 3.8) is 0 Å². The fourth-order valence-corrected chi connectivity index (χ4v) is 4.49.